The van der Waals surface area contributed by atoms with Crippen LogP contribution in [0.25, 0.3) is 21.5 Å². The molecule has 6 rings (SSSR count). The molecule has 374 valence electrons. The Morgan fingerprint density at radius 1 is 0.681 bits per heavy atom. The van der Waals surface area contributed by atoms with Gasteiger partial charge < -0.3 is 14.7 Å². The van der Waals surface area contributed by atoms with Gasteiger partial charge in [-0.25, -0.2) is 0 Å². The molecule has 0 spiro atoms. The second-order valence-electron chi connectivity index (χ2n) is 17.4. The molecule has 20 nitrogen and oxygen atoms in total. The number of carboxylic acid groups (broad SMARTS) is 1. The summed E-state index contributed by atoms with van der Waals surface area (Å²) in [6.45, 7) is 5.95. The van der Waals surface area contributed by atoms with Crippen molar-refractivity contribution in [1.82, 2.24) is 0 Å². The largest absolute Gasteiger partial charge is 0.481 e. The first-order chi connectivity index (χ1) is 31.8. The number of fused-ring (bicyclic) bond motifs is 6. The summed E-state index contributed by atoms with van der Waals surface area (Å²) >= 11 is 0. The molecule has 0 saturated carbocycles. The highest BCUT2D eigenvalue weighted by Crippen LogP contribution is 2.54. The molecule has 0 aromatic heterocycles. The Morgan fingerprint density at radius 3 is 1.77 bits per heavy atom. The number of nitrogens with zero attached hydrogens (tertiary/aromatic N) is 2. The molecular weight excluding hydrogens is 1000 g/mol. The molecule has 0 amide bonds. The zero-order chi connectivity index (χ0) is 51.3. The molecule has 0 radical (unpaired) electrons. The van der Waals surface area contributed by atoms with Crippen molar-refractivity contribution in [3.05, 3.63) is 95.7 Å². The van der Waals surface area contributed by atoms with Gasteiger partial charge in [-0.1, -0.05) is 24.3 Å². The molecule has 2 aliphatic rings. The van der Waals surface area contributed by atoms with Crippen LogP contribution in [-0.2, 0) is 71.0 Å². The van der Waals surface area contributed by atoms with Crippen LogP contribution < -0.4 is 4.90 Å². The smallest absolute Gasteiger partial charge is 0.303 e. The second kappa shape index (κ2) is 19.3. The number of rotatable bonds is 20. The van der Waals surface area contributed by atoms with Gasteiger partial charge >= 0.3 is 5.97 Å². The van der Waals surface area contributed by atoms with Crippen molar-refractivity contribution in [2.75, 3.05) is 37.5 Å². The molecular formula is C44H51N2O18S5+. The summed E-state index contributed by atoms with van der Waals surface area (Å²) in [6, 6.07) is 9.42. The van der Waals surface area contributed by atoms with Crippen molar-refractivity contribution in [3.8, 4) is 0 Å². The Balaban J connectivity index is 1.52. The van der Waals surface area contributed by atoms with Crippen molar-refractivity contribution in [1.29, 1.82) is 0 Å². The molecule has 0 fully saturated rings. The lowest BCUT2D eigenvalue weighted by Crippen LogP contribution is -2.31. The third-order valence-corrected chi connectivity index (χ3v) is 16.7. The summed E-state index contributed by atoms with van der Waals surface area (Å²) in [6.07, 6.45) is 9.61. The van der Waals surface area contributed by atoms with Crippen molar-refractivity contribution in [2.45, 2.75) is 89.7 Å². The number of carbonyl (C=O) groups is 1. The summed E-state index contributed by atoms with van der Waals surface area (Å²) in [5.74, 6) is -1.63. The van der Waals surface area contributed by atoms with E-state index in [9.17, 15) is 74.8 Å². The van der Waals surface area contributed by atoms with Gasteiger partial charge in [0.15, 0.2) is 5.71 Å². The highest BCUT2D eigenvalue weighted by Gasteiger charge is 2.47. The molecule has 2 aliphatic heterocycles. The lowest BCUT2D eigenvalue weighted by Gasteiger charge is -2.30. The average molecular weight is 1060 g/mol. The number of aliphatic carboxylic acids is 1. The van der Waals surface area contributed by atoms with Crippen molar-refractivity contribution in [2.24, 2.45) is 0 Å². The van der Waals surface area contributed by atoms with E-state index in [4.69, 9.17) is 4.74 Å². The molecule has 1 unspecified atom stereocenters. The standard InChI is InChI=1S/C44H50N2O18S5/c1-43(2)38(45(20-10-6-9-14-40(47)48)34-17-15-30-32(41(34)43)24-28(66(52,53)54)26-36(30)68(58,59)60)12-7-5-8-13-39-44(3,19-11-23-65(49,50)51)42-33-25-29(67(55,56)57)27-37(69(61,62)63)31(33)16-18-35(42)46(39)21-22-64-4/h5,7-8,12-13,15-18,24-27H,6,9-11,14,19-23H2,1-4H3,(H5-,47,48,49,50,51,52,53,54,55,56,57,58,59,60,61,62,63)/p+1. The number of carboxylic acids is 1. The van der Waals surface area contributed by atoms with E-state index in [0.717, 1.165) is 12.1 Å². The molecule has 25 heteroatoms. The quantitative estimate of drug-likeness (QED) is 0.0252. The van der Waals surface area contributed by atoms with Crippen LogP contribution in [0.5, 0.6) is 0 Å². The maximum Gasteiger partial charge on any atom is 0.303 e. The minimum atomic E-state index is -5.09. The van der Waals surface area contributed by atoms with Crippen LogP contribution in [0.3, 0.4) is 0 Å². The van der Waals surface area contributed by atoms with Gasteiger partial charge in [-0.2, -0.15) is 46.7 Å². The van der Waals surface area contributed by atoms with Crippen molar-refractivity contribution >= 4 is 95.2 Å². The fourth-order valence-corrected chi connectivity index (χ4v) is 12.7. The third kappa shape index (κ3) is 11.2. The van der Waals surface area contributed by atoms with Crippen LogP contribution in [0.4, 0.5) is 11.4 Å². The summed E-state index contributed by atoms with van der Waals surface area (Å²) < 4.78 is 182. The van der Waals surface area contributed by atoms with Gasteiger partial charge in [0.25, 0.3) is 50.6 Å². The van der Waals surface area contributed by atoms with Crippen LogP contribution >= 0.6 is 0 Å². The molecule has 0 bridgehead atoms. The van der Waals surface area contributed by atoms with E-state index in [1.807, 2.05) is 4.58 Å². The van der Waals surface area contributed by atoms with Crippen LogP contribution in [0, 0.1) is 0 Å². The summed E-state index contributed by atoms with van der Waals surface area (Å²) in [4.78, 5) is 9.88. The predicted molar refractivity (Wildman–Crippen MR) is 255 cm³/mol. The van der Waals surface area contributed by atoms with Crippen LogP contribution in [0.1, 0.15) is 70.4 Å². The first-order valence-corrected chi connectivity index (χ1v) is 28.5. The average Bonchev–Trinajstić information content (AvgIpc) is 3.58. The summed E-state index contributed by atoms with van der Waals surface area (Å²) in [5, 5.41) is 9.20. The number of ether oxygens (including phenoxy) is 1. The molecule has 69 heavy (non-hydrogen) atoms. The SMILES string of the molecule is COCCN1C(=CC=CC=CC2=[N+](CCCCCC(=O)O)c3ccc4c(S(=O)(=O)O)cc(S(=O)(=O)O)cc4c3C2(C)C)C(C)(CCCS(=O)(=O)O)c2c1ccc1c(S(=O)(=O)O)cc(S(=O)(=O)O)cc21. The maximum atomic E-state index is 12.7. The fraction of sp³-hybridized carbons (Fsp3) is 0.364. The maximum absolute atomic E-state index is 12.7. The highest BCUT2D eigenvalue weighted by atomic mass is 32.2. The Morgan fingerprint density at radius 2 is 1.25 bits per heavy atom. The molecule has 4 aromatic carbocycles. The van der Waals surface area contributed by atoms with Gasteiger partial charge in [-0.3, -0.25) is 27.6 Å². The number of methoxy groups -OCH3 is 1. The number of hydrogen-bond acceptors (Lipinski definition) is 13. The van der Waals surface area contributed by atoms with E-state index < -0.39 is 92.7 Å². The zero-order valence-electron chi connectivity index (χ0n) is 37.6. The van der Waals surface area contributed by atoms with Gasteiger partial charge in [0.05, 0.1) is 27.6 Å². The highest BCUT2D eigenvalue weighted by molar-refractivity contribution is 7.87. The van der Waals surface area contributed by atoms with E-state index in [1.165, 1.54) is 19.2 Å². The van der Waals surface area contributed by atoms with Gasteiger partial charge in [0.2, 0.25) is 5.69 Å². The number of anilines is 1. The summed E-state index contributed by atoms with van der Waals surface area (Å²) in [5.41, 5.74) is 0.583. The van der Waals surface area contributed by atoms with Crippen LogP contribution in [0.2, 0.25) is 0 Å². The van der Waals surface area contributed by atoms with E-state index in [0.29, 0.717) is 71.9 Å². The first-order valence-electron chi connectivity index (χ1n) is 21.1. The van der Waals surface area contributed by atoms with Crippen molar-refractivity contribution in [3.63, 3.8) is 0 Å². The van der Waals surface area contributed by atoms with Crippen LogP contribution in [0.15, 0.2) is 104 Å². The molecule has 2 heterocycles. The number of hydrogen-bond donors (Lipinski definition) is 6. The number of allylic oxidation sites excluding steroid dienone is 6. The van der Waals surface area contributed by atoms with E-state index in [2.05, 4.69) is 0 Å². The Kier molecular flexibility index (Phi) is 15.0. The molecule has 1 atom stereocenters. The third-order valence-electron chi connectivity index (χ3n) is 12.4. The monoisotopic (exact) mass is 1060 g/mol. The first kappa shape index (κ1) is 53.4. The fourth-order valence-electron chi connectivity index (χ4n) is 9.47. The van der Waals surface area contributed by atoms with Crippen LogP contribution in [-0.4, -0.2) is 119 Å². The molecule has 0 aliphatic carbocycles. The summed E-state index contributed by atoms with van der Waals surface area (Å²) in [7, 11) is -23.2. The van der Waals surface area contributed by atoms with Gasteiger partial charge in [-0.05, 0) is 105 Å². The Hall–Kier alpha value is -4.93. The topological polar surface area (TPSA) is 325 Å². The Labute approximate surface area is 400 Å². The molecule has 4 aromatic rings. The minimum absolute atomic E-state index is 0.00159. The second-order valence-corrected chi connectivity index (χ2v) is 24.6. The van der Waals surface area contributed by atoms with E-state index >= 15 is 0 Å². The van der Waals surface area contributed by atoms with Gasteiger partial charge in [0.1, 0.15) is 16.3 Å². The van der Waals surface area contributed by atoms with Gasteiger partial charge in [-0.15, -0.1) is 0 Å². The van der Waals surface area contributed by atoms with E-state index in [-0.39, 0.29) is 54.0 Å². The minimum Gasteiger partial charge on any atom is -0.481 e. The number of benzene rings is 4. The number of unbranched alkanes of at least 4 members (excludes halogenated alkanes) is 2. The van der Waals surface area contributed by atoms with E-state index in [1.54, 1.807) is 68.2 Å². The normalized spacial score (nSPS) is 18.4. The lowest BCUT2D eigenvalue weighted by atomic mass is 9.75. The lowest BCUT2D eigenvalue weighted by molar-refractivity contribution is -0.438. The molecule has 6 N–H and O–H groups in total. The Bertz CT molecular complexity index is 3490. The predicted octanol–water partition coefficient (Wildman–Crippen LogP) is 6.09. The molecule has 0 saturated heterocycles. The van der Waals surface area contributed by atoms with Crippen molar-refractivity contribution < 1.29 is 84.1 Å². The van der Waals surface area contributed by atoms with Gasteiger partial charge in [0, 0.05) is 71.8 Å². The zero-order valence-corrected chi connectivity index (χ0v) is 41.7.